The molecule has 2 bridgehead atoms. The Bertz CT molecular complexity index is 575. The highest BCUT2D eigenvalue weighted by molar-refractivity contribution is 5.64. The van der Waals surface area contributed by atoms with Crippen molar-refractivity contribution in [2.24, 2.45) is 5.92 Å². The first kappa shape index (κ1) is 12.8. The fraction of sp³-hybridized carbons (Fsp3) is 0.538. The number of piperidine rings is 3. The maximum atomic E-state index is 11.2. The van der Waals surface area contributed by atoms with Gasteiger partial charge in [-0.25, -0.2) is 4.98 Å². The second-order valence-electron chi connectivity index (χ2n) is 5.31. The van der Waals surface area contributed by atoms with Crippen molar-refractivity contribution in [3.8, 4) is 6.07 Å². The number of aromatic nitrogens is 1. The van der Waals surface area contributed by atoms with Gasteiger partial charge in [-0.2, -0.15) is 5.26 Å². The Balaban J connectivity index is 1.88. The van der Waals surface area contributed by atoms with Crippen molar-refractivity contribution in [1.82, 2.24) is 9.88 Å². The first-order valence-corrected chi connectivity index (χ1v) is 6.71. The zero-order valence-electron chi connectivity index (χ0n) is 11.0. The van der Waals surface area contributed by atoms with Crippen LogP contribution in [0.15, 0.2) is 12.3 Å². The molecule has 3 fully saturated rings. The van der Waals surface area contributed by atoms with Crippen molar-refractivity contribution in [1.29, 1.82) is 5.26 Å². The van der Waals surface area contributed by atoms with E-state index >= 15 is 0 Å². The Morgan fingerprint density at radius 3 is 2.80 bits per heavy atom. The van der Waals surface area contributed by atoms with Crippen LogP contribution in [0, 0.1) is 27.4 Å². The van der Waals surface area contributed by atoms with Gasteiger partial charge in [-0.1, -0.05) is 0 Å². The highest BCUT2D eigenvalue weighted by Gasteiger charge is 2.35. The standard InChI is InChI=1S/C13H15N5O2/c14-7-10-1-4-15-13(12(10)18(19)20)16-11-8-17-5-2-9(11)3-6-17/h1,4,9,11H,2-3,5-6,8H2,(H,15,16). The molecule has 7 nitrogen and oxygen atoms in total. The zero-order valence-corrected chi connectivity index (χ0v) is 11.0. The Kier molecular flexibility index (Phi) is 3.24. The third kappa shape index (κ3) is 2.18. The van der Waals surface area contributed by atoms with Crippen LogP contribution in [0.3, 0.4) is 0 Å². The smallest absolute Gasteiger partial charge is 0.328 e. The summed E-state index contributed by atoms with van der Waals surface area (Å²) in [4.78, 5) is 17.1. The summed E-state index contributed by atoms with van der Waals surface area (Å²) in [6, 6.07) is 3.41. The topological polar surface area (TPSA) is 95.1 Å². The van der Waals surface area contributed by atoms with E-state index in [4.69, 9.17) is 5.26 Å². The SMILES string of the molecule is N#Cc1ccnc(NC2CN3CCC2CC3)c1[N+](=O)[O-]. The molecule has 1 unspecified atom stereocenters. The second kappa shape index (κ2) is 5.06. The molecular formula is C13H15N5O2. The molecule has 0 aromatic carbocycles. The first-order chi connectivity index (χ1) is 9.69. The first-order valence-electron chi connectivity index (χ1n) is 6.71. The summed E-state index contributed by atoms with van der Waals surface area (Å²) in [5, 5.41) is 23.3. The van der Waals surface area contributed by atoms with Crippen LogP contribution in [-0.4, -0.2) is 40.5 Å². The van der Waals surface area contributed by atoms with E-state index in [1.165, 1.54) is 12.3 Å². The lowest BCUT2D eigenvalue weighted by molar-refractivity contribution is -0.384. The molecule has 1 N–H and O–H groups in total. The van der Waals surface area contributed by atoms with Crippen molar-refractivity contribution in [3.63, 3.8) is 0 Å². The molecule has 4 heterocycles. The van der Waals surface area contributed by atoms with E-state index < -0.39 is 4.92 Å². The Labute approximate surface area is 116 Å². The molecule has 4 rings (SSSR count). The number of anilines is 1. The Morgan fingerprint density at radius 1 is 1.50 bits per heavy atom. The number of pyridine rings is 1. The zero-order chi connectivity index (χ0) is 14.1. The van der Waals surface area contributed by atoms with Gasteiger partial charge in [0.25, 0.3) is 0 Å². The summed E-state index contributed by atoms with van der Waals surface area (Å²) in [6.45, 7) is 3.10. The van der Waals surface area contributed by atoms with Crippen molar-refractivity contribution < 1.29 is 4.92 Å². The lowest BCUT2D eigenvalue weighted by atomic mass is 9.84. The lowest BCUT2D eigenvalue weighted by Crippen LogP contribution is -2.53. The molecule has 1 aromatic heterocycles. The van der Waals surface area contributed by atoms with Gasteiger partial charge >= 0.3 is 5.69 Å². The van der Waals surface area contributed by atoms with E-state index in [1.54, 1.807) is 0 Å². The van der Waals surface area contributed by atoms with Gasteiger partial charge in [0.15, 0.2) is 0 Å². The van der Waals surface area contributed by atoms with Crippen molar-refractivity contribution in [2.45, 2.75) is 18.9 Å². The highest BCUT2D eigenvalue weighted by Crippen LogP contribution is 2.32. The number of hydrogen-bond donors (Lipinski definition) is 1. The molecular weight excluding hydrogens is 258 g/mol. The fourth-order valence-corrected chi connectivity index (χ4v) is 3.14. The van der Waals surface area contributed by atoms with E-state index in [1.807, 2.05) is 6.07 Å². The minimum absolute atomic E-state index is 0.0498. The molecule has 3 aliphatic rings. The van der Waals surface area contributed by atoms with Crippen LogP contribution in [-0.2, 0) is 0 Å². The normalized spacial score (nSPS) is 27.9. The monoisotopic (exact) mass is 273 g/mol. The molecule has 0 amide bonds. The molecule has 3 aliphatic heterocycles. The van der Waals surface area contributed by atoms with Crippen LogP contribution in [0.25, 0.3) is 0 Å². The average Bonchev–Trinajstić information content (AvgIpc) is 2.48. The van der Waals surface area contributed by atoms with Crippen LogP contribution in [0.2, 0.25) is 0 Å². The van der Waals surface area contributed by atoms with Gasteiger partial charge in [-0.15, -0.1) is 0 Å². The maximum Gasteiger partial charge on any atom is 0.328 e. The molecule has 0 spiro atoms. The van der Waals surface area contributed by atoms with Crippen LogP contribution in [0.5, 0.6) is 0 Å². The molecule has 1 aromatic rings. The van der Waals surface area contributed by atoms with Crippen molar-refractivity contribution in [2.75, 3.05) is 25.0 Å². The third-order valence-corrected chi connectivity index (χ3v) is 4.21. The van der Waals surface area contributed by atoms with Gasteiger partial charge in [0, 0.05) is 18.8 Å². The number of nitriles is 1. The molecule has 20 heavy (non-hydrogen) atoms. The predicted octanol–water partition coefficient (Wildman–Crippen LogP) is 1.37. The Morgan fingerprint density at radius 2 is 2.25 bits per heavy atom. The van der Waals surface area contributed by atoms with Gasteiger partial charge in [-0.05, 0) is 37.9 Å². The second-order valence-corrected chi connectivity index (χ2v) is 5.31. The van der Waals surface area contributed by atoms with Gasteiger partial charge in [0.05, 0.1) is 4.92 Å². The molecule has 3 saturated heterocycles. The summed E-state index contributed by atoms with van der Waals surface area (Å²) in [5.41, 5.74) is -0.166. The third-order valence-electron chi connectivity index (χ3n) is 4.21. The lowest BCUT2D eigenvalue weighted by Gasteiger charge is -2.45. The van der Waals surface area contributed by atoms with Crippen molar-refractivity contribution in [3.05, 3.63) is 27.9 Å². The highest BCUT2D eigenvalue weighted by atomic mass is 16.6. The number of rotatable bonds is 3. The summed E-state index contributed by atoms with van der Waals surface area (Å²) in [7, 11) is 0. The van der Waals surface area contributed by atoms with Crippen LogP contribution in [0.4, 0.5) is 11.5 Å². The molecule has 0 saturated carbocycles. The summed E-state index contributed by atoms with van der Waals surface area (Å²) < 4.78 is 0. The molecule has 0 radical (unpaired) electrons. The van der Waals surface area contributed by atoms with Gasteiger partial charge in [-0.3, -0.25) is 10.1 Å². The van der Waals surface area contributed by atoms with Gasteiger partial charge in [0.1, 0.15) is 11.6 Å². The molecule has 7 heteroatoms. The van der Waals surface area contributed by atoms with Crippen molar-refractivity contribution >= 4 is 11.5 Å². The molecule has 1 atom stereocenters. The Hall–Kier alpha value is -2.20. The van der Waals surface area contributed by atoms with Crippen LogP contribution in [0.1, 0.15) is 18.4 Å². The number of hydrogen-bond acceptors (Lipinski definition) is 6. The van der Waals surface area contributed by atoms with Crippen LogP contribution >= 0.6 is 0 Å². The van der Waals surface area contributed by atoms with E-state index in [0.717, 1.165) is 32.5 Å². The van der Waals surface area contributed by atoms with E-state index in [9.17, 15) is 10.1 Å². The number of nitro groups is 1. The summed E-state index contributed by atoms with van der Waals surface area (Å²) >= 11 is 0. The number of nitrogens with zero attached hydrogens (tertiary/aromatic N) is 4. The molecule has 104 valence electrons. The van der Waals surface area contributed by atoms with Gasteiger partial charge in [0.2, 0.25) is 5.82 Å². The largest absolute Gasteiger partial charge is 0.360 e. The average molecular weight is 273 g/mol. The number of nitrogens with one attached hydrogen (secondary N) is 1. The fourth-order valence-electron chi connectivity index (χ4n) is 3.14. The summed E-state index contributed by atoms with van der Waals surface area (Å²) in [6.07, 6.45) is 3.67. The number of fused-ring (bicyclic) bond motifs is 3. The minimum atomic E-state index is -0.532. The maximum absolute atomic E-state index is 11.2. The van der Waals surface area contributed by atoms with Crippen LogP contribution < -0.4 is 5.32 Å². The predicted molar refractivity (Wildman–Crippen MR) is 72.2 cm³/mol. The van der Waals surface area contributed by atoms with E-state index in [0.29, 0.717) is 5.92 Å². The van der Waals surface area contributed by atoms with E-state index in [2.05, 4.69) is 15.2 Å². The summed E-state index contributed by atoms with van der Waals surface area (Å²) in [5.74, 6) is 0.750. The van der Waals surface area contributed by atoms with Gasteiger partial charge < -0.3 is 10.2 Å². The minimum Gasteiger partial charge on any atom is -0.360 e. The quantitative estimate of drug-likeness (QED) is 0.660. The molecule has 0 aliphatic carbocycles. The van der Waals surface area contributed by atoms with E-state index in [-0.39, 0.29) is 23.1 Å².